The van der Waals surface area contributed by atoms with Gasteiger partial charge in [-0.05, 0) is 38.0 Å². The lowest BCUT2D eigenvalue weighted by Crippen LogP contribution is -2.43. The van der Waals surface area contributed by atoms with Gasteiger partial charge in [0.05, 0.1) is 12.7 Å². The molecule has 1 rings (SSSR count). The molecule has 2 N–H and O–H groups in total. The monoisotopic (exact) mass is 283 g/mol. The van der Waals surface area contributed by atoms with E-state index in [1.807, 2.05) is 13.0 Å². The van der Waals surface area contributed by atoms with E-state index in [9.17, 15) is 9.90 Å². The first kappa shape index (κ1) is 17.2. The van der Waals surface area contributed by atoms with E-state index in [0.29, 0.717) is 25.1 Å². The van der Waals surface area contributed by atoms with Gasteiger partial charge >= 0.3 is 5.97 Å². The predicted octanol–water partition coefficient (Wildman–Crippen LogP) is 2.42. The van der Waals surface area contributed by atoms with Gasteiger partial charge in [-0.3, -0.25) is 0 Å². The molecule has 1 saturated carbocycles. The van der Waals surface area contributed by atoms with Crippen LogP contribution in [0.15, 0.2) is 11.6 Å². The largest absolute Gasteiger partial charge is 0.466 e. The number of rotatable bonds is 7. The first-order chi connectivity index (χ1) is 9.54. The highest BCUT2D eigenvalue weighted by molar-refractivity contribution is 5.88. The lowest BCUT2D eigenvalue weighted by Gasteiger charge is -2.35. The maximum absolute atomic E-state index is 11.4. The minimum absolute atomic E-state index is 0.267. The molecule has 4 heteroatoms. The van der Waals surface area contributed by atoms with Crippen molar-refractivity contribution in [2.75, 3.05) is 20.2 Å². The van der Waals surface area contributed by atoms with Crippen LogP contribution in [0.4, 0.5) is 0 Å². The third-order valence-electron chi connectivity index (χ3n) is 4.39. The van der Waals surface area contributed by atoms with E-state index >= 15 is 0 Å². The van der Waals surface area contributed by atoms with Gasteiger partial charge in [0.15, 0.2) is 0 Å². The van der Waals surface area contributed by atoms with E-state index < -0.39 is 5.60 Å². The van der Waals surface area contributed by atoms with Gasteiger partial charge < -0.3 is 15.2 Å². The standard InChI is InChI=1S/C16H29NO3/c1-4-13-6-9-16(19,10-7-13)12-17-11-8-14(5-2)15(18)20-3/h8,13,17,19H,4-7,9-12H2,1-3H3/b14-8-. The van der Waals surface area contributed by atoms with Gasteiger partial charge in [-0.2, -0.15) is 0 Å². The number of carbonyl (C=O) groups is 1. The summed E-state index contributed by atoms with van der Waals surface area (Å²) in [4.78, 5) is 11.4. The molecular formula is C16H29NO3. The smallest absolute Gasteiger partial charge is 0.333 e. The molecule has 0 bridgehead atoms. The van der Waals surface area contributed by atoms with Crippen molar-refractivity contribution in [2.45, 2.75) is 58.0 Å². The molecule has 1 fully saturated rings. The molecule has 0 atom stereocenters. The Morgan fingerprint density at radius 3 is 2.55 bits per heavy atom. The van der Waals surface area contributed by atoms with Crippen molar-refractivity contribution >= 4 is 5.97 Å². The molecule has 0 aromatic carbocycles. The van der Waals surface area contributed by atoms with Crippen molar-refractivity contribution in [3.05, 3.63) is 11.6 Å². The number of hydrogen-bond donors (Lipinski definition) is 2. The predicted molar refractivity (Wildman–Crippen MR) is 80.5 cm³/mol. The van der Waals surface area contributed by atoms with Gasteiger partial charge in [-0.1, -0.05) is 26.3 Å². The number of methoxy groups -OCH3 is 1. The first-order valence-electron chi connectivity index (χ1n) is 7.75. The molecule has 1 aliphatic rings. The Morgan fingerprint density at radius 2 is 2.05 bits per heavy atom. The number of hydrogen-bond acceptors (Lipinski definition) is 4. The maximum atomic E-state index is 11.4. The molecule has 20 heavy (non-hydrogen) atoms. The van der Waals surface area contributed by atoms with Gasteiger partial charge in [0, 0.05) is 18.7 Å². The molecule has 0 spiro atoms. The zero-order valence-electron chi connectivity index (χ0n) is 13.1. The van der Waals surface area contributed by atoms with Crippen LogP contribution in [0.3, 0.4) is 0 Å². The highest BCUT2D eigenvalue weighted by atomic mass is 16.5. The van der Waals surface area contributed by atoms with Crippen LogP contribution in [0.1, 0.15) is 52.4 Å². The second-order valence-corrected chi connectivity index (χ2v) is 5.78. The lowest BCUT2D eigenvalue weighted by molar-refractivity contribution is -0.136. The van der Waals surface area contributed by atoms with E-state index in [4.69, 9.17) is 4.74 Å². The minimum atomic E-state index is -0.572. The quantitative estimate of drug-likeness (QED) is 0.428. The highest BCUT2D eigenvalue weighted by Gasteiger charge is 2.31. The van der Waals surface area contributed by atoms with Crippen LogP contribution in [0.5, 0.6) is 0 Å². The van der Waals surface area contributed by atoms with Crippen molar-refractivity contribution in [3.63, 3.8) is 0 Å². The van der Waals surface area contributed by atoms with E-state index in [0.717, 1.165) is 31.6 Å². The summed E-state index contributed by atoms with van der Waals surface area (Å²) in [5.41, 5.74) is 0.110. The van der Waals surface area contributed by atoms with Gasteiger partial charge in [-0.15, -0.1) is 0 Å². The van der Waals surface area contributed by atoms with Crippen LogP contribution < -0.4 is 5.32 Å². The maximum Gasteiger partial charge on any atom is 0.333 e. The molecule has 0 aliphatic heterocycles. The average molecular weight is 283 g/mol. The van der Waals surface area contributed by atoms with E-state index in [2.05, 4.69) is 12.2 Å². The Morgan fingerprint density at radius 1 is 1.40 bits per heavy atom. The summed E-state index contributed by atoms with van der Waals surface area (Å²) in [5, 5.41) is 13.7. The highest BCUT2D eigenvalue weighted by Crippen LogP contribution is 2.33. The molecule has 0 radical (unpaired) electrons. The van der Waals surface area contributed by atoms with Crippen LogP contribution in [-0.4, -0.2) is 36.9 Å². The number of esters is 1. The summed E-state index contributed by atoms with van der Waals surface area (Å²) in [6.45, 7) is 5.34. The first-order valence-corrected chi connectivity index (χ1v) is 7.75. The van der Waals surface area contributed by atoms with E-state index in [1.165, 1.54) is 13.5 Å². The average Bonchev–Trinajstić information content (AvgIpc) is 2.47. The van der Waals surface area contributed by atoms with Crippen molar-refractivity contribution in [1.82, 2.24) is 5.32 Å². The van der Waals surface area contributed by atoms with Crippen molar-refractivity contribution < 1.29 is 14.6 Å². The van der Waals surface area contributed by atoms with Crippen LogP contribution in [0, 0.1) is 5.92 Å². The summed E-state index contributed by atoms with van der Waals surface area (Å²) in [5.74, 6) is 0.512. The van der Waals surface area contributed by atoms with Gasteiger partial charge in [-0.25, -0.2) is 4.79 Å². The van der Waals surface area contributed by atoms with Crippen LogP contribution in [-0.2, 0) is 9.53 Å². The Kier molecular flexibility index (Phi) is 7.24. The third-order valence-corrected chi connectivity index (χ3v) is 4.39. The zero-order chi connectivity index (χ0) is 15.0. The zero-order valence-corrected chi connectivity index (χ0v) is 13.1. The molecule has 0 unspecified atom stereocenters. The Labute approximate surface area is 122 Å². The summed E-state index contributed by atoms with van der Waals surface area (Å²) >= 11 is 0. The normalized spacial score (nSPS) is 27.4. The summed E-state index contributed by atoms with van der Waals surface area (Å²) < 4.78 is 4.71. The Balaban J connectivity index is 2.33. The number of carbonyl (C=O) groups excluding carboxylic acids is 1. The van der Waals surface area contributed by atoms with Crippen LogP contribution >= 0.6 is 0 Å². The molecule has 0 aromatic rings. The summed E-state index contributed by atoms with van der Waals surface area (Å²) in [6.07, 6.45) is 7.72. The van der Waals surface area contributed by atoms with E-state index in [1.54, 1.807) is 0 Å². The van der Waals surface area contributed by atoms with Crippen LogP contribution in [0.2, 0.25) is 0 Å². The molecule has 1 aliphatic carbocycles. The summed E-state index contributed by atoms with van der Waals surface area (Å²) in [7, 11) is 1.40. The minimum Gasteiger partial charge on any atom is -0.466 e. The number of aliphatic hydroxyl groups is 1. The molecule has 0 heterocycles. The molecule has 0 amide bonds. The van der Waals surface area contributed by atoms with Crippen molar-refractivity contribution in [2.24, 2.45) is 5.92 Å². The number of ether oxygens (including phenoxy) is 1. The topological polar surface area (TPSA) is 58.6 Å². The SMILES string of the molecule is CC/C(=C/CNCC1(O)CCC(CC)CC1)C(=O)OC. The van der Waals surface area contributed by atoms with Gasteiger partial charge in [0.25, 0.3) is 0 Å². The van der Waals surface area contributed by atoms with Crippen molar-refractivity contribution in [1.29, 1.82) is 0 Å². The molecule has 0 saturated heterocycles. The third kappa shape index (κ3) is 5.25. The molecule has 4 nitrogen and oxygen atoms in total. The van der Waals surface area contributed by atoms with Crippen LogP contribution in [0.25, 0.3) is 0 Å². The van der Waals surface area contributed by atoms with Crippen molar-refractivity contribution in [3.8, 4) is 0 Å². The fraction of sp³-hybridized carbons (Fsp3) is 0.812. The lowest BCUT2D eigenvalue weighted by atomic mass is 9.78. The molecular weight excluding hydrogens is 254 g/mol. The van der Waals surface area contributed by atoms with E-state index in [-0.39, 0.29) is 5.97 Å². The fourth-order valence-electron chi connectivity index (χ4n) is 2.80. The van der Waals surface area contributed by atoms with Gasteiger partial charge in [0.2, 0.25) is 0 Å². The number of nitrogens with one attached hydrogen (secondary N) is 1. The second kappa shape index (κ2) is 8.42. The molecule has 116 valence electrons. The van der Waals surface area contributed by atoms with Gasteiger partial charge in [0.1, 0.15) is 0 Å². The Hall–Kier alpha value is -0.870. The fourth-order valence-corrected chi connectivity index (χ4v) is 2.80. The Bertz CT molecular complexity index is 331. The second-order valence-electron chi connectivity index (χ2n) is 5.78. The summed E-state index contributed by atoms with van der Waals surface area (Å²) in [6, 6.07) is 0. The molecule has 0 aromatic heterocycles.